The minimum absolute atomic E-state index is 0. The van der Waals surface area contributed by atoms with Crippen LogP contribution in [0.4, 0.5) is 15.3 Å². The van der Waals surface area contributed by atoms with Crippen LogP contribution >= 0.6 is 12.6 Å². The number of non-ortho nitro benzene ring substituents is 1. The number of ether oxygens (including phenoxy) is 3. The van der Waals surface area contributed by atoms with E-state index in [1.165, 1.54) is 85.9 Å². The number of carbonyl (C=O) groups excluding carboxylic acids is 9. The SMILES string of the molecule is CCC(=O)N1C(=O)CCC1=O.CCC=O.CCN1C(=O)C=CC1=O.CCS.COC(=O)c1ccc([N+](=O)[O-])cc1.COC(=O)n1ccnc1.COC(=O)n1nnc2ccccc21.CO[S-](=O)=O.[Y]. The van der Waals surface area contributed by atoms with Crippen LogP contribution in [-0.2, 0) is 99.3 Å². The second kappa shape index (κ2) is 38.7. The number of aromatic nitrogens is 5. The molecule has 68 heavy (non-hydrogen) atoms. The number of hydrogen-bond acceptors (Lipinski definition) is 22. The molecule has 28 heteroatoms. The minimum atomic E-state index is -2.32. The number of nitro benzene ring substituents is 1. The van der Waals surface area contributed by atoms with Gasteiger partial charge in [-0.05, 0) is 36.9 Å². The van der Waals surface area contributed by atoms with Crippen molar-refractivity contribution in [2.45, 2.75) is 53.4 Å². The van der Waals surface area contributed by atoms with Gasteiger partial charge in [-0.25, -0.2) is 28.8 Å². The van der Waals surface area contributed by atoms with E-state index in [0.29, 0.717) is 29.6 Å². The molecule has 1 radical (unpaired) electrons. The number of likely N-dealkylation sites (N-methyl/N-ethyl adjacent to an activating group) is 1. The van der Waals surface area contributed by atoms with Gasteiger partial charge in [0.15, 0.2) is 0 Å². The van der Waals surface area contributed by atoms with E-state index in [1.54, 1.807) is 26.0 Å². The Hall–Kier alpha value is -6.42. The summed E-state index contributed by atoms with van der Waals surface area (Å²) in [4.78, 5) is 111. The summed E-state index contributed by atoms with van der Waals surface area (Å²) in [5, 5.41) is 17.7. The van der Waals surface area contributed by atoms with Crippen molar-refractivity contribution in [2.24, 2.45) is 0 Å². The van der Waals surface area contributed by atoms with Crippen LogP contribution in [0.2, 0.25) is 0 Å². The van der Waals surface area contributed by atoms with Gasteiger partial charge in [-0.2, -0.15) is 12.6 Å². The molecule has 25 nitrogen and oxygen atoms in total. The second-order valence-electron chi connectivity index (χ2n) is 11.6. The summed E-state index contributed by atoms with van der Waals surface area (Å²) in [5.41, 5.74) is 1.57. The number of thiol groups is 1. The molecular weight excluding hydrogens is 1020 g/mol. The Kier molecular flexibility index (Phi) is 37.4. The largest absolute Gasteiger partial charge is 0.465 e. The van der Waals surface area contributed by atoms with E-state index in [2.05, 4.69) is 46.3 Å². The third-order valence-corrected chi connectivity index (χ3v) is 7.48. The van der Waals surface area contributed by atoms with Gasteiger partial charge in [-0.15, -0.1) is 9.78 Å². The van der Waals surface area contributed by atoms with Crippen LogP contribution in [0.15, 0.2) is 79.4 Å². The maximum absolute atomic E-state index is 11.1. The number of imidazole rings is 1. The molecule has 5 amide bonds. The first-order valence-electron chi connectivity index (χ1n) is 19.2. The second-order valence-corrected chi connectivity index (χ2v) is 13.0. The van der Waals surface area contributed by atoms with Gasteiger partial charge in [0.2, 0.25) is 17.7 Å². The monoisotopic (exact) mass is 1070 g/mol. The summed E-state index contributed by atoms with van der Waals surface area (Å²) in [7, 11) is 2.64. The third-order valence-electron chi connectivity index (χ3n) is 7.21. The molecule has 0 spiro atoms. The van der Waals surface area contributed by atoms with E-state index in [-0.39, 0.29) is 81.3 Å². The summed E-state index contributed by atoms with van der Waals surface area (Å²) in [6.45, 7) is 7.66. The maximum atomic E-state index is 11.1. The molecule has 0 bridgehead atoms. The van der Waals surface area contributed by atoms with Gasteiger partial charge >= 0.3 is 18.2 Å². The van der Waals surface area contributed by atoms with E-state index in [9.17, 15) is 53.3 Å². The minimum Gasteiger partial charge on any atom is -0.465 e. The van der Waals surface area contributed by atoms with Crippen molar-refractivity contribution in [3.63, 3.8) is 0 Å². The van der Waals surface area contributed by atoms with E-state index >= 15 is 0 Å². The Morgan fingerprint density at radius 2 is 1.34 bits per heavy atom. The number of rotatable bonds is 6. The average molecular weight is 1070 g/mol. The molecule has 0 aliphatic carbocycles. The summed E-state index contributed by atoms with van der Waals surface area (Å²) in [6.07, 6.45) is 8.11. The Balaban J connectivity index is -0.000000735. The summed E-state index contributed by atoms with van der Waals surface area (Å²) < 4.78 is 37.7. The quantitative estimate of drug-likeness (QED) is 0.0411. The molecule has 4 aromatic rings. The summed E-state index contributed by atoms with van der Waals surface area (Å²) >= 11 is 3.79. The third kappa shape index (κ3) is 25.5. The number of fused-ring (bicyclic) bond motifs is 1. The molecule has 2 aromatic heterocycles. The molecule has 0 saturated carbocycles. The predicted octanol–water partition coefficient (Wildman–Crippen LogP) is 4.31. The molecule has 369 valence electrons. The number of carbonyl (C=O) groups is 9. The number of para-hydroxylation sites is 1. The molecule has 2 aliphatic heterocycles. The maximum Gasteiger partial charge on any atom is 0.436 e. The van der Waals surface area contributed by atoms with Crippen molar-refractivity contribution < 1.29 is 108 Å². The number of nitro groups is 1. The topological polar surface area (TPSA) is 323 Å². The summed E-state index contributed by atoms with van der Waals surface area (Å²) in [5.74, 6) is -1.08. The van der Waals surface area contributed by atoms with Gasteiger partial charge in [0.1, 0.15) is 23.6 Å². The molecule has 1 fully saturated rings. The van der Waals surface area contributed by atoms with Crippen molar-refractivity contribution in [2.75, 3.05) is 40.7 Å². The average Bonchev–Trinajstić information content (AvgIpc) is 4.17. The number of imide groups is 4. The number of hydrogen-bond donors (Lipinski definition) is 1. The first-order valence-corrected chi connectivity index (χ1v) is 20.9. The number of methoxy groups -OCH3 is 3. The predicted molar refractivity (Wildman–Crippen MR) is 239 cm³/mol. The summed E-state index contributed by atoms with van der Waals surface area (Å²) in [6, 6.07) is 12.4. The molecule has 0 N–H and O–H groups in total. The van der Waals surface area contributed by atoms with Crippen molar-refractivity contribution in [3.05, 3.63) is 95.1 Å². The zero-order valence-electron chi connectivity index (χ0n) is 38.3. The Bertz CT molecular complexity index is 2300. The van der Waals surface area contributed by atoms with Crippen LogP contribution in [0.3, 0.4) is 0 Å². The standard InChI is InChI=1S/C8H7N3O2.C8H7NO4.C7H9NO3.C6H7NO2.C5H6N2O2.C3H6O.C2H6S.CH3O3S.Y/c1-13-8(12)11-7-5-3-2-4-6(7)9-10-11;1-13-8(10)6-2-4-7(5-3-6)9(11)12;1-2-5(9)8-6(10)3-4-7(8)11;1-2-7-5(8)3-4-6(7)9;1-9-5(8)7-3-2-6-4-7;1-2-3-4;1-2-3;1-4-5(2)3;/h2*2-5H,1H3;2-4H2,1H3;3-4H,2H2,1H3;2-4H,1H3;3H,2H2,1H3;3H,2H2,1H3;1H3;/q;;;;;;;-1;. The first kappa shape index (κ1) is 65.9. The number of likely N-dealkylation sites (tertiary alicyclic amines) is 1. The number of amides is 5. The molecule has 0 unspecified atom stereocenters. The molecule has 2 aromatic carbocycles. The van der Waals surface area contributed by atoms with Crippen LogP contribution in [0, 0.1) is 10.1 Å². The Morgan fingerprint density at radius 1 is 0.838 bits per heavy atom. The fourth-order valence-electron chi connectivity index (χ4n) is 4.16. The smallest absolute Gasteiger partial charge is 0.436 e. The van der Waals surface area contributed by atoms with Crippen molar-refractivity contribution in [3.8, 4) is 0 Å². The zero-order chi connectivity index (χ0) is 51.5. The van der Waals surface area contributed by atoms with Crippen LogP contribution < -0.4 is 0 Å². The van der Waals surface area contributed by atoms with Crippen LogP contribution in [-0.4, -0.2) is 134 Å². The van der Waals surface area contributed by atoms with Crippen molar-refractivity contribution in [1.82, 2.24) is 34.3 Å². The molecule has 0 atom stereocenters. The van der Waals surface area contributed by atoms with Gasteiger partial charge in [0, 0.05) is 109 Å². The Morgan fingerprint density at radius 3 is 1.71 bits per heavy atom. The normalized spacial score (nSPS) is 11.4. The molecule has 2 aliphatic rings. The number of aldehydes is 1. The van der Waals surface area contributed by atoms with Crippen molar-refractivity contribution in [1.29, 1.82) is 0 Å². The van der Waals surface area contributed by atoms with Gasteiger partial charge < -0.3 is 31.6 Å². The van der Waals surface area contributed by atoms with E-state index < -0.39 is 40.0 Å². The number of nitrogens with zero attached hydrogens (tertiary/aromatic N) is 8. The van der Waals surface area contributed by atoms with E-state index in [4.69, 9.17) is 8.42 Å². The zero-order valence-corrected chi connectivity index (χ0v) is 42.8. The molecular formula is C40H51N8O17S2Y-. The number of benzene rings is 2. The molecule has 1 saturated heterocycles. The molecule has 4 heterocycles. The van der Waals surface area contributed by atoms with Crippen LogP contribution in [0.25, 0.3) is 11.0 Å². The van der Waals surface area contributed by atoms with Gasteiger partial charge in [-0.1, -0.05) is 38.1 Å². The van der Waals surface area contributed by atoms with Crippen LogP contribution in [0.1, 0.15) is 63.7 Å². The van der Waals surface area contributed by atoms with E-state index in [1.807, 2.05) is 26.0 Å². The van der Waals surface area contributed by atoms with Crippen LogP contribution in [0.5, 0.6) is 0 Å². The van der Waals surface area contributed by atoms with Gasteiger partial charge in [0.05, 0.1) is 42.8 Å². The van der Waals surface area contributed by atoms with E-state index in [0.717, 1.165) is 28.7 Å². The van der Waals surface area contributed by atoms with Crippen molar-refractivity contribution >= 4 is 94.3 Å². The fraction of sp³-hybridized carbons (Fsp3) is 0.350. The number of esters is 1. The Labute approximate surface area is 423 Å². The fourth-order valence-corrected chi connectivity index (χ4v) is 4.16. The van der Waals surface area contributed by atoms with Gasteiger partial charge in [0.25, 0.3) is 17.5 Å². The first-order chi connectivity index (χ1) is 31.8. The van der Waals surface area contributed by atoms with Gasteiger partial charge in [-0.3, -0.25) is 39.0 Å². The molecule has 6 rings (SSSR count).